The fraction of sp³-hybridized carbons (Fsp3) is 0.185. The molecule has 1 aliphatic heterocycles. The summed E-state index contributed by atoms with van der Waals surface area (Å²) in [5.74, 6) is 2.19. The van der Waals surface area contributed by atoms with E-state index in [9.17, 15) is 13.2 Å². The molecule has 1 amide bonds. The van der Waals surface area contributed by atoms with Crippen LogP contribution in [0.3, 0.4) is 0 Å². The lowest BCUT2D eigenvalue weighted by molar-refractivity contribution is 0.0998. The second-order valence-corrected chi connectivity index (χ2v) is 11.4. The highest BCUT2D eigenvalue weighted by molar-refractivity contribution is 7.92. The molecular formula is C27H23N3O3S2. The number of benzene rings is 3. The maximum atomic E-state index is 13.2. The van der Waals surface area contributed by atoms with Crippen LogP contribution in [-0.4, -0.2) is 25.4 Å². The van der Waals surface area contributed by atoms with Crippen molar-refractivity contribution in [2.24, 2.45) is 4.99 Å². The highest BCUT2D eigenvalue weighted by atomic mass is 32.2. The maximum absolute atomic E-state index is 13.2. The van der Waals surface area contributed by atoms with E-state index in [-0.39, 0.29) is 4.90 Å². The summed E-state index contributed by atoms with van der Waals surface area (Å²) < 4.78 is 30.8. The van der Waals surface area contributed by atoms with E-state index in [1.165, 1.54) is 39.9 Å². The number of carbonyl (C=O) groups excluding carboxylic acids is 1. The van der Waals surface area contributed by atoms with Gasteiger partial charge in [0, 0.05) is 12.1 Å². The summed E-state index contributed by atoms with van der Waals surface area (Å²) in [7, 11) is -3.73. The van der Waals surface area contributed by atoms with E-state index in [4.69, 9.17) is 6.42 Å². The van der Waals surface area contributed by atoms with Crippen molar-refractivity contribution in [3.05, 3.63) is 87.7 Å². The molecule has 1 aliphatic rings. The van der Waals surface area contributed by atoms with Gasteiger partial charge in [0.15, 0.2) is 4.80 Å². The van der Waals surface area contributed by atoms with Gasteiger partial charge in [-0.3, -0.25) is 9.10 Å². The molecule has 8 heteroatoms. The standard InChI is InChI=1S/C27H23N3O3S2/c1-4-14-29-25-19(3)16-18(2)17-24(25)34-27(29)28-26(31)21-9-11-22(12-10-21)35(32,33)30-15-13-20-7-5-6-8-23(20)30/h1,5-12,16-17H,13-15H2,2-3H3. The van der Waals surface area contributed by atoms with Crippen molar-refractivity contribution in [1.82, 2.24) is 4.57 Å². The van der Waals surface area contributed by atoms with Gasteiger partial charge >= 0.3 is 0 Å². The van der Waals surface area contributed by atoms with Crippen molar-refractivity contribution in [1.29, 1.82) is 0 Å². The third kappa shape index (κ3) is 4.07. The Balaban J connectivity index is 1.49. The molecule has 4 aromatic rings. The molecule has 5 rings (SSSR count). The van der Waals surface area contributed by atoms with Gasteiger partial charge in [0.25, 0.3) is 15.9 Å². The molecule has 0 bridgehead atoms. The SMILES string of the molecule is C#CCn1c(=NC(=O)c2ccc(S(=O)(=O)N3CCc4ccccc43)cc2)sc2cc(C)cc(C)c21. The summed E-state index contributed by atoms with van der Waals surface area (Å²) in [6, 6.07) is 17.6. The van der Waals surface area contributed by atoms with E-state index in [0.717, 1.165) is 26.9 Å². The quantitative estimate of drug-likeness (QED) is 0.388. The summed E-state index contributed by atoms with van der Waals surface area (Å²) in [4.78, 5) is 18.0. The smallest absolute Gasteiger partial charge is 0.279 e. The fourth-order valence-electron chi connectivity index (χ4n) is 4.52. The van der Waals surface area contributed by atoms with Gasteiger partial charge in [-0.25, -0.2) is 8.42 Å². The average molecular weight is 502 g/mol. The first kappa shape index (κ1) is 23.1. The van der Waals surface area contributed by atoms with Crippen LogP contribution < -0.4 is 9.11 Å². The van der Waals surface area contributed by atoms with Crippen molar-refractivity contribution in [2.75, 3.05) is 10.8 Å². The molecule has 35 heavy (non-hydrogen) atoms. The Labute approximate surface area is 208 Å². The minimum absolute atomic E-state index is 0.140. The maximum Gasteiger partial charge on any atom is 0.279 e. The second-order valence-electron chi connectivity index (χ2n) is 8.50. The minimum atomic E-state index is -3.73. The third-order valence-electron chi connectivity index (χ3n) is 6.09. The van der Waals surface area contributed by atoms with Crippen molar-refractivity contribution in [3.63, 3.8) is 0 Å². The van der Waals surface area contributed by atoms with Crippen LogP contribution in [0.1, 0.15) is 27.0 Å². The van der Waals surface area contributed by atoms with Gasteiger partial charge in [0.1, 0.15) is 0 Å². The van der Waals surface area contributed by atoms with Crippen molar-refractivity contribution in [3.8, 4) is 12.3 Å². The molecule has 0 N–H and O–H groups in total. The van der Waals surface area contributed by atoms with Crippen LogP contribution in [0.15, 0.2) is 70.6 Å². The largest absolute Gasteiger partial charge is 0.304 e. The molecule has 0 saturated heterocycles. The van der Waals surface area contributed by atoms with E-state index in [1.54, 1.807) is 0 Å². The number of fused-ring (bicyclic) bond motifs is 2. The molecule has 0 saturated carbocycles. The molecule has 0 fully saturated rings. The van der Waals surface area contributed by atoms with E-state index in [0.29, 0.717) is 35.6 Å². The number of sulfonamides is 1. The fourth-order valence-corrected chi connectivity index (χ4v) is 7.23. The van der Waals surface area contributed by atoms with Crippen LogP contribution in [0.2, 0.25) is 0 Å². The highest BCUT2D eigenvalue weighted by Gasteiger charge is 2.30. The molecule has 0 atom stereocenters. The van der Waals surface area contributed by atoms with Crippen LogP contribution in [0.25, 0.3) is 10.2 Å². The number of amides is 1. The van der Waals surface area contributed by atoms with Crippen LogP contribution in [-0.2, 0) is 23.0 Å². The second kappa shape index (κ2) is 8.84. The minimum Gasteiger partial charge on any atom is -0.304 e. The number of rotatable bonds is 4. The highest BCUT2D eigenvalue weighted by Crippen LogP contribution is 2.32. The normalized spacial score (nSPS) is 13.7. The van der Waals surface area contributed by atoms with Crippen LogP contribution in [0, 0.1) is 26.2 Å². The van der Waals surface area contributed by atoms with Gasteiger partial charge in [-0.1, -0.05) is 41.5 Å². The van der Waals surface area contributed by atoms with Crippen LogP contribution >= 0.6 is 11.3 Å². The molecular weight excluding hydrogens is 478 g/mol. The summed E-state index contributed by atoms with van der Waals surface area (Å²) in [5, 5.41) is 0. The van der Waals surface area contributed by atoms with Gasteiger partial charge in [-0.2, -0.15) is 4.99 Å². The molecule has 0 spiro atoms. The van der Waals surface area contributed by atoms with E-state index >= 15 is 0 Å². The van der Waals surface area contributed by atoms with Crippen molar-refractivity contribution in [2.45, 2.75) is 31.7 Å². The summed E-state index contributed by atoms with van der Waals surface area (Å²) in [6.07, 6.45) is 6.26. The molecule has 2 heterocycles. The molecule has 1 aromatic heterocycles. The van der Waals surface area contributed by atoms with Gasteiger partial charge in [-0.15, -0.1) is 6.42 Å². The monoisotopic (exact) mass is 501 g/mol. The number of hydrogen-bond acceptors (Lipinski definition) is 4. The van der Waals surface area contributed by atoms with Crippen LogP contribution in [0.5, 0.6) is 0 Å². The Morgan fingerprint density at radius 2 is 1.86 bits per heavy atom. The lowest BCUT2D eigenvalue weighted by Crippen LogP contribution is -2.29. The lowest BCUT2D eigenvalue weighted by atomic mass is 10.1. The predicted octanol–water partition coefficient (Wildman–Crippen LogP) is 4.45. The average Bonchev–Trinajstić information content (AvgIpc) is 3.41. The first-order valence-electron chi connectivity index (χ1n) is 11.1. The Bertz CT molecular complexity index is 1690. The Kier molecular flexibility index (Phi) is 5.83. The molecule has 0 radical (unpaired) electrons. The van der Waals surface area contributed by atoms with Crippen molar-refractivity contribution >= 4 is 43.2 Å². The summed E-state index contributed by atoms with van der Waals surface area (Å²) in [6.45, 7) is 4.73. The van der Waals surface area contributed by atoms with E-state index in [2.05, 4.69) is 23.0 Å². The number of aromatic nitrogens is 1. The molecule has 176 valence electrons. The van der Waals surface area contributed by atoms with Gasteiger partial charge in [-0.05, 0) is 73.4 Å². The first-order valence-corrected chi connectivity index (χ1v) is 13.4. The number of nitrogens with zero attached hydrogens (tertiary/aromatic N) is 3. The molecule has 0 aliphatic carbocycles. The Morgan fingerprint density at radius 3 is 2.60 bits per heavy atom. The number of thiazole rings is 1. The number of anilines is 1. The van der Waals surface area contributed by atoms with Gasteiger partial charge in [0.05, 0.1) is 27.3 Å². The summed E-state index contributed by atoms with van der Waals surface area (Å²) >= 11 is 1.41. The number of carbonyl (C=O) groups is 1. The zero-order valence-corrected chi connectivity index (χ0v) is 21.0. The number of aryl methyl sites for hydroxylation is 2. The third-order valence-corrected chi connectivity index (χ3v) is 8.95. The number of terminal acetylenes is 1. The van der Waals surface area contributed by atoms with Crippen LogP contribution in [0.4, 0.5) is 5.69 Å². The van der Waals surface area contributed by atoms with Crippen molar-refractivity contribution < 1.29 is 13.2 Å². The zero-order valence-electron chi connectivity index (χ0n) is 19.4. The molecule has 6 nitrogen and oxygen atoms in total. The molecule has 3 aromatic carbocycles. The molecule has 0 unspecified atom stereocenters. The number of hydrogen-bond donors (Lipinski definition) is 0. The topological polar surface area (TPSA) is 71.7 Å². The Hall–Kier alpha value is -3.67. The first-order chi connectivity index (χ1) is 16.8. The zero-order chi connectivity index (χ0) is 24.7. The lowest BCUT2D eigenvalue weighted by Gasteiger charge is -2.19. The number of para-hydroxylation sites is 1. The van der Waals surface area contributed by atoms with E-state index in [1.807, 2.05) is 42.7 Å². The van der Waals surface area contributed by atoms with E-state index < -0.39 is 15.9 Å². The Morgan fingerprint density at radius 1 is 1.11 bits per heavy atom. The predicted molar refractivity (Wildman–Crippen MR) is 139 cm³/mol. The van der Waals surface area contributed by atoms with Gasteiger partial charge in [0.2, 0.25) is 0 Å². The van der Waals surface area contributed by atoms with Gasteiger partial charge < -0.3 is 4.57 Å². The summed E-state index contributed by atoms with van der Waals surface area (Å²) in [5.41, 5.74) is 5.19.